The topological polar surface area (TPSA) is 55.8 Å². The van der Waals surface area contributed by atoms with Gasteiger partial charge >= 0.3 is 0 Å². The van der Waals surface area contributed by atoms with Gasteiger partial charge in [0.05, 0.1) is 6.10 Å². The number of rotatable bonds is 7. The predicted molar refractivity (Wildman–Crippen MR) is 98.6 cm³/mol. The van der Waals surface area contributed by atoms with Crippen LogP contribution < -0.4 is 10.2 Å². The number of hydrogen-bond acceptors (Lipinski definition) is 4. The number of amides is 1. The van der Waals surface area contributed by atoms with E-state index in [0.29, 0.717) is 24.4 Å². The number of aliphatic hydroxyl groups is 1. The minimum Gasteiger partial charge on any atom is -0.391 e. The highest BCUT2D eigenvalue weighted by Crippen LogP contribution is 2.17. The Morgan fingerprint density at radius 2 is 1.79 bits per heavy atom. The molecule has 1 amide bonds. The van der Waals surface area contributed by atoms with Crippen LogP contribution in [0.25, 0.3) is 0 Å². The van der Waals surface area contributed by atoms with Crippen LogP contribution in [0.5, 0.6) is 0 Å². The fourth-order valence-corrected chi connectivity index (χ4v) is 3.09. The van der Waals surface area contributed by atoms with E-state index in [2.05, 4.69) is 35.9 Å². The highest BCUT2D eigenvalue weighted by molar-refractivity contribution is 5.94. The molecule has 1 heterocycles. The van der Waals surface area contributed by atoms with Crippen LogP contribution in [0.1, 0.15) is 37.6 Å². The molecule has 0 spiro atoms. The predicted octanol–water partition coefficient (Wildman–Crippen LogP) is 1.97. The molecule has 0 saturated carbocycles. The van der Waals surface area contributed by atoms with Crippen molar-refractivity contribution in [1.29, 1.82) is 0 Å². The lowest BCUT2D eigenvalue weighted by Crippen LogP contribution is -2.46. The number of aliphatic hydroxyl groups excluding tert-OH is 1. The molecule has 1 unspecified atom stereocenters. The lowest BCUT2D eigenvalue weighted by atomic mass is 10.1. The molecule has 5 heteroatoms. The Labute approximate surface area is 145 Å². The molecule has 1 fully saturated rings. The molecule has 24 heavy (non-hydrogen) atoms. The molecule has 1 atom stereocenters. The van der Waals surface area contributed by atoms with Crippen LogP contribution in [-0.2, 0) is 0 Å². The van der Waals surface area contributed by atoms with Gasteiger partial charge in [-0.15, -0.1) is 0 Å². The molecule has 1 aliphatic rings. The summed E-state index contributed by atoms with van der Waals surface area (Å²) < 4.78 is 0. The average molecular weight is 333 g/mol. The second-order valence-electron chi connectivity index (χ2n) is 6.96. The quantitative estimate of drug-likeness (QED) is 0.801. The van der Waals surface area contributed by atoms with E-state index >= 15 is 0 Å². The molecule has 0 aliphatic carbocycles. The van der Waals surface area contributed by atoms with Crippen molar-refractivity contribution in [3.63, 3.8) is 0 Å². The van der Waals surface area contributed by atoms with Gasteiger partial charge in [0.25, 0.3) is 5.91 Å². The zero-order valence-corrected chi connectivity index (χ0v) is 15.2. The molecule has 1 aromatic rings. The monoisotopic (exact) mass is 333 g/mol. The Balaban J connectivity index is 1.84. The van der Waals surface area contributed by atoms with E-state index in [1.165, 1.54) is 5.69 Å². The number of nitrogens with one attached hydrogen (secondary N) is 1. The lowest BCUT2D eigenvalue weighted by molar-refractivity contribution is 0.0900. The molecule has 5 nitrogen and oxygen atoms in total. The molecular formula is C19H31N3O2. The lowest BCUT2D eigenvalue weighted by Gasteiger charge is -2.35. The molecule has 2 rings (SSSR count). The number of likely N-dealkylation sites (N-methyl/N-ethyl adjacent to an activating group) is 1. The summed E-state index contributed by atoms with van der Waals surface area (Å²) in [5, 5.41) is 12.7. The summed E-state index contributed by atoms with van der Waals surface area (Å²) in [5.74, 6) is 0.296. The number of carbonyl (C=O) groups excluding carboxylic acids is 1. The summed E-state index contributed by atoms with van der Waals surface area (Å²) in [6.07, 6.45) is 0.214. The number of anilines is 1. The maximum absolute atomic E-state index is 12.2. The van der Waals surface area contributed by atoms with E-state index in [0.717, 1.165) is 32.7 Å². The van der Waals surface area contributed by atoms with Crippen LogP contribution in [0, 0.1) is 5.92 Å². The highest BCUT2D eigenvalue weighted by Gasteiger charge is 2.16. The van der Waals surface area contributed by atoms with Crippen molar-refractivity contribution in [2.75, 3.05) is 44.2 Å². The maximum Gasteiger partial charge on any atom is 0.251 e. The summed E-state index contributed by atoms with van der Waals surface area (Å²) in [5.41, 5.74) is 1.81. The summed E-state index contributed by atoms with van der Waals surface area (Å²) in [6, 6.07) is 7.76. The molecule has 0 aromatic heterocycles. The molecule has 1 aromatic carbocycles. The fourth-order valence-electron chi connectivity index (χ4n) is 3.09. The van der Waals surface area contributed by atoms with Gasteiger partial charge in [-0.1, -0.05) is 20.8 Å². The van der Waals surface area contributed by atoms with Crippen molar-refractivity contribution in [3.05, 3.63) is 29.8 Å². The number of benzene rings is 1. The molecule has 134 valence electrons. The fraction of sp³-hybridized carbons (Fsp3) is 0.632. The first kappa shape index (κ1) is 18.7. The van der Waals surface area contributed by atoms with Gasteiger partial charge < -0.3 is 20.2 Å². The second-order valence-corrected chi connectivity index (χ2v) is 6.96. The average Bonchev–Trinajstić information content (AvgIpc) is 2.59. The molecule has 0 radical (unpaired) electrons. The Morgan fingerprint density at radius 3 is 2.33 bits per heavy atom. The molecule has 1 saturated heterocycles. The number of piperazine rings is 1. The second kappa shape index (κ2) is 9.04. The molecule has 0 bridgehead atoms. The maximum atomic E-state index is 12.2. The van der Waals surface area contributed by atoms with E-state index in [-0.39, 0.29) is 5.91 Å². The minimum absolute atomic E-state index is 0.125. The van der Waals surface area contributed by atoms with E-state index in [4.69, 9.17) is 0 Å². The number of hydrogen-bond donors (Lipinski definition) is 2. The van der Waals surface area contributed by atoms with Gasteiger partial charge in [0, 0.05) is 44.0 Å². The third kappa shape index (κ3) is 5.49. The van der Waals surface area contributed by atoms with Crippen molar-refractivity contribution in [1.82, 2.24) is 10.2 Å². The Bertz CT molecular complexity index is 508. The minimum atomic E-state index is -0.483. The Hall–Kier alpha value is -1.59. The first-order valence-electron chi connectivity index (χ1n) is 9.03. The summed E-state index contributed by atoms with van der Waals surface area (Å²) in [7, 11) is 0. The molecular weight excluding hydrogens is 302 g/mol. The van der Waals surface area contributed by atoms with Crippen molar-refractivity contribution in [2.45, 2.75) is 33.3 Å². The first-order valence-corrected chi connectivity index (χ1v) is 9.03. The van der Waals surface area contributed by atoms with Crippen molar-refractivity contribution < 1.29 is 9.90 Å². The molecule has 1 aliphatic heterocycles. The third-order valence-corrected chi connectivity index (χ3v) is 4.56. The largest absolute Gasteiger partial charge is 0.391 e. The van der Waals surface area contributed by atoms with Crippen LogP contribution in [0.2, 0.25) is 0 Å². The number of nitrogens with zero attached hydrogens (tertiary/aromatic N) is 2. The van der Waals surface area contributed by atoms with Gasteiger partial charge in [0.2, 0.25) is 0 Å². The summed E-state index contributed by atoms with van der Waals surface area (Å²) >= 11 is 0. The zero-order valence-electron chi connectivity index (χ0n) is 15.2. The van der Waals surface area contributed by atoms with Gasteiger partial charge in [0.15, 0.2) is 0 Å². The van der Waals surface area contributed by atoms with Crippen LogP contribution in [0.4, 0.5) is 5.69 Å². The first-order chi connectivity index (χ1) is 11.5. The van der Waals surface area contributed by atoms with Gasteiger partial charge in [0.1, 0.15) is 0 Å². The highest BCUT2D eigenvalue weighted by atomic mass is 16.3. The van der Waals surface area contributed by atoms with Crippen molar-refractivity contribution in [2.24, 2.45) is 5.92 Å². The van der Waals surface area contributed by atoms with Crippen molar-refractivity contribution in [3.8, 4) is 0 Å². The van der Waals surface area contributed by atoms with Crippen LogP contribution in [0.15, 0.2) is 24.3 Å². The standard InChI is InChI=1S/C19H31N3O2/c1-4-21-9-11-22(12-10-21)17-7-5-16(6-8-17)19(24)20-14-18(23)13-15(2)3/h5-8,15,18,23H,4,9-14H2,1-3H3,(H,20,24). The van der Waals surface area contributed by atoms with Crippen LogP contribution in [-0.4, -0.2) is 61.3 Å². The van der Waals surface area contributed by atoms with Gasteiger partial charge in [-0.25, -0.2) is 0 Å². The van der Waals surface area contributed by atoms with Gasteiger partial charge in [-0.3, -0.25) is 4.79 Å². The summed E-state index contributed by atoms with van der Waals surface area (Å²) in [6.45, 7) is 12.0. The van der Waals surface area contributed by atoms with E-state index in [1.54, 1.807) is 0 Å². The third-order valence-electron chi connectivity index (χ3n) is 4.56. The Morgan fingerprint density at radius 1 is 1.17 bits per heavy atom. The van der Waals surface area contributed by atoms with Crippen LogP contribution >= 0.6 is 0 Å². The SMILES string of the molecule is CCN1CCN(c2ccc(C(=O)NCC(O)CC(C)C)cc2)CC1. The Kier molecular flexibility index (Phi) is 7.06. The van der Waals surface area contributed by atoms with Crippen LogP contribution in [0.3, 0.4) is 0 Å². The van der Waals surface area contributed by atoms with E-state index in [9.17, 15) is 9.90 Å². The van der Waals surface area contributed by atoms with Gasteiger partial charge in [-0.05, 0) is 43.1 Å². The summed E-state index contributed by atoms with van der Waals surface area (Å²) in [4.78, 5) is 17.0. The number of carbonyl (C=O) groups is 1. The zero-order chi connectivity index (χ0) is 17.5. The van der Waals surface area contributed by atoms with Gasteiger partial charge in [-0.2, -0.15) is 0 Å². The van der Waals surface area contributed by atoms with E-state index in [1.807, 2.05) is 24.3 Å². The smallest absolute Gasteiger partial charge is 0.251 e. The van der Waals surface area contributed by atoms with Crippen molar-refractivity contribution >= 4 is 11.6 Å². The normalized spacial score (nSPS) is 17.1. The van der Waals surface area contributed by atoms with E-state index < -0.39 is 6.10 Å². The molecule has 2 N–H and O–H groups in total.